The van der Waals surface area contributed by atoms with Gasteiger partial charge in [-0.2, -0.15) is 4.98 Å². The van der Waals surface area contributed by atoms with Crippen molar-refractivity contribution in [2.75, 3.05) is 24.3 Å². The Balaban J connectivity index is 1.69. The summed E-state index contributed by atoms with van der Waals surface area (Å²) in [6.07, 6.45) is 1.54. The number of unbranched alkanes of at least 4 members (excludes halogenated alkanes) is 1. The zero-order valence-corrected chi connectivity index (χ0v) is 19.8. The second-order valence-electron chi connectivity index (χ2n) is 7.44. The molecule has 0 saturated carbocycles. The number of rotatable bonds is 10. The lowest BCUT2D eigenvalue weighted by Crippen LogP contribution is -2.29. The second kappa shape index (κ2) is 11.1. The van der Waals surface area contributed by atoms with Crippen LogP contribution in [-0.2, 0) is 4.79 Å². The predicted molar refractivity (Wildman–Crippen MR) is 126 cm³/mol. The third-order valence-electron chi connectivity index (χ3n) is 4.98. The predicted octanol–water partition coefficient (Wildman–Crippen LogP) is 3.46. The van der Waals surface area contributed by atoms with E-state index < -0.39 is 18.8 Å². The average molecular weight is 482 g/mol. The minimum absolute atomic E-state index is 0.308. The van der Waals surface area contributed by atoms with Gasteiger partial charge in [-0.15, -0.1) is 10.2 Å². The number of thioether (sulfide) groups is 1. The molecule has 10 heteroatoms. The topological polar surface area (TPSA) is 119 Å². The van der Waals surface area contributed by atoms with Gasteiger partial charge in [0.05, 0.1) is 12.6 Å². The van der Waals surface area contributed by atoms with Crippen molar-refractivity contribution in [3.63, 3.8) is 0 Å². The highest BCUT2D eigenvalue weighted by Crippen LogP contribution is 2.40. The molecule has 0 aliphatic carbocycles. The number of para-hydroxylation sites is 1. The van der Waals surface area contributed by atoms with Gasteiger partial charge in [0.25, 0.3) is 0 Å². The zero-order valence-electron chi connectivity index (χ0n) is 18.9. The van der Waals surface area contributed by atoms with E-state index in [1.165, 1.54) is 0 Å². The molecule has 0 bridgehead atoms. The van der Waals surface area contributed by atoms with Crippen molar-refractivity contribution in [3.05, 3.63) is 48.0 Å². The number of carboxylic acid groups (broad SMARTS) is 1. The van der Waals surface area contributed by atoms with Crippen LogP contribution >= 0.6 is 11.8 Å². The number of carbonyl (C=O) groups excluding carboxylic acids is 1. The van der Waals surface area contributed by atoms with E-state index in [1.807, 2.05) is 31.2 Å². The number of carboxylic acids is 1. The number of benzene rings is 2. The van der Waals surface area contributed by atoms with Gasteiger partial charge in [-0.3, -0.25) is 0 Å². The number of aromatic nitrogens is 3. The fourth-order valence-corrected chi connectivity index (χ4v) is 4.24. The number of ether oxygens (including phenoxy) is 3. The zero-order chi connectivity index (χ0) is 23.9. The minimum atomic E-state index is -1.31. The molecule has 0 saturated heterocycles. The van der Waals surface area contributed by atoms with Crippen LogP contribution in [-0.4, -0.2) is 40.1 Å². The molecular weight excluding hydrogens is 456 g/mol. The van der Waals surface area contributed by atoms with E-state index >= 15 is 0 Å². The lowest BCUT2D eigenvalue weighted by atomic mass is 10.1. The van der Waals surface area contributed by atoms with E-state index in [1.54, 1.807) is 30.0 Å². The van der Waals surface area contributed by atoms with Crippen LogP contribution in [0.15, 0.2) is 47.6 Å². The van der Waals surface area contributed by atoms with Crippen molar-refractivity contribution < 1.29 is 24.1 Å². The van der Waals surface area contributed by atoms with Gasteiger partial charge >= 0.3 is 0 Å². The first-order chi connectivity index (χ1) is 16.6. The van der Waals surface area contributed by atoms with Crippen molar-refractivity contribution in [1.82, 2.24) is 15.2 Å². The summed E-state index contributed by atoms with van der Waals surface area (Å²) >= 11 is 1.55. The van der Waals surface area contributed by atoms with Crippen molar-refractivity contribution >= 4 is 23.4 Å². The Hall–Kier alpha value is -3.53. The van der Waals surface area contributed by atoms with E-state index in [-0.39, 0.29) is 0 Å². The molecular formula is C24H25N4O5S-. The Morgan fingerprint density at radius 3 is 2.79 bits per heavy atom. The second-order valence-corrected chi connectivity index (χ2v) is 8.50. The van der Waals surface area contributed by atoms with Crippen LogP contribution in [0.3, 0.4) is 0 Å². The molecule has 9 nitrogen and oxygen atoms in total. The highest BCUT2D eigenvalue weighted by atomic mass is 32.2. The van der Waals surface area contributed by atoms with Crippen LogP contribution in [0.2, 0.25) is 0 Å². The van der Waals surface area contributed by atoms with Crippen LogP contribution in [0.5, 0.6) is 17.4 Å². The standard InChI is InChI=1S/C24H26N4O5S/c1-3-5-12-34-24-26-23-21(27-28-24)16-8-6-7-9-17(16)25-22(33-23)15-10-11-18(32-14-20(29)30)19(13-15)31-4-2/h6-11,13,22,25H,3-5,12,14H2,1-2H3,(H,29,30)/p-1. The molecule has 1 N–H and O–H groups in total. The molecule has 2 heterocycles. The van der Waals surface area contributed by atoms with Crippen LogP contribution in [0.25, 0.3) is 11.3 Å². The minimum Gasteiger partial charge on any atom is -0.546 e. The molecule has 1 aliphatic rings. The number of carbonyl (C=O) groups is 1. The molecule has 0 amide bonds. The molecule has 1 unspecified atom stereocenters. The Morgan fingerprint density at radius 2 is 2.00 bits per heavy atom. The number of anilines is 1. The number of nitrogens with zero attached hydrogens (tertiary/aromatic N) is 3. The third kappa shape index (κ3) is 5.51. The Bertz CT molecular complexity index is 1160. The van der Waals surface area contributed by atoms with Gasteiger partial charge in [0.15, 0.2) is 23.4 Å². The van der Waals surface area contributed by atoms with E-state index in [0.717, 1.165) is 35.4 Å². The molecule has 2 aromatic carbocycles. The summed E-state index contributed by atoms with van der Waals surface area (Å²) in [7, 11) is 0. The molecule has 4 rings (SSSR count). The van der Waals surface area contributed by atoms with E-state index in [2.05, 4.69) is 27.4 Å². The highest BCUT2D eigenvalue weighted by molar-refractivity contribution is 7.99. The summed E-state index contributed by atoms with van der Waals surface area (Å²) in [6.45, 7) is 3.78. The molecule has 1 aliphatic heterocycles. The number of hydrogen-bond acceptors (Lipinski definition) is 10. The molecule has 1 atom stereocenters. The lowest BCUT2D eigenvalue weighted by molar-refractivity contribution is -0.307. The van der Waals surface area contributed by atoms with Gasteiger partial charge in [0.2, 0.25) is 11.0 Å². The third-order valence-corrected chi connectivity index (χ3v) is 5.90. The fraction of sp³-hybridized carbons (Fsp3) is 0.333. The van der Waals surface area contributed by atoms with Crippen molar-refractivity contribution in [2.45, 2.75) is 38.1 Å². The first-order valence-corrected chi connectivity index (χ1v) is 12.1. The number of nitrogens with one attached hydrogen (secondary N) is 1. The molecule has 3 aromatic rings. The monoisotopic (exact) mass is 481 g/mol. The first kappa shape index (κ1) is 23.6. The number of aliphatic carboxylic acids is 1. The molecule has 0 spiro atoms. The van der Waals surface area contributed by atoms with Crippen LogP contribution in [0.4, 0.5) is 5.69 Å². The highest BCUT2D eigenvalue weighted by Gasteiger charge is 2.26. The van der Waals surface area contributed by atoms with E-state index in [4.69, 9.17) is 14.2 Å². The van der Waals surface area contributed by atoms with Crippen LogP contribution in [0.1, 0.15) is 38.5 Å². The summed E-state index contributed by atoms with van der Waals surface area (Å²) in [4.78, 5) is 15.5. The molecule has 0 radical (unpaired) electrons. The number of fused-ring (bicyclic) bond motifs is 3. The molecule has 34 heavy (non-hydrogen) atoms. The largest absolute Gasteiger partial charge is 0.546 e. The maximum Gasteiger partial charge on any atom is 0.247 e. The Kier molecular flexibility index (Phi) is 7.69. The van der Waals surface area contributed by atoms with Crippen LogP contribution < -0.4 is 24.6 Å². The van der Waals surface area contributed by atoms with Crippen molar-refractivity contribution in [1.29, 1.82) is 0 Å². The van der Waals surface area contributed by atoms with Gasteiger partial charge in [0, 0.05) is 22.6 Å². The van der Waals surface area contributed by atoms with Gasteiger partial charge < -0.3 is 29.4 Å². The SMILES string of the molecule is CCCCSc1nnc2c(n1)OC(c1ccc(OCC(=O)[O-])c(OCC)c1)Nc1ccccc1-2. The van der Waals surface area contributed by atoms with Crippen molar-refractivity contribution in [2.24, 2.45) is 0 Å². The smallest absolute Gasteiger partial charge is 0.247 e. The maximum atomic E-state index is 10.8. The van der Waals surface area contributed by atoms with E-state index in [0.29, 0.717) is 34.8 Å². The van der Waals surface area contributed by atoms with Gasteiger partial charge in [-0.25, -0.2) is 0 Å². The summed E-state index contributed by atoms with van der Waals surface area (Å²) in [5.41, 5.74) is 2.96. The van der Waals surface area contributed by atoms with Crippen molar-refractivity contribution in [3.8, 4) is 28.6 Å². The average Bonchev–Trinajstić information content (AvgIpc) is 3.00. The molecule has 178 valence electrons. The Morgan fingerprint density at radius 1 is 1.15 bits per heavy atom. The van der Waals surface area contributed by atoms with Crippen LogP contribution in [0, 0.1) is 0 Å². The van der Waals surface area contributed by atoms with Gasteiger partial charge in [-0.1, -0.05) is 43.3 Å². The summed E-state index contributed by atoms with van der Waals surface area (Å²) in [5.74, 6) is 0.684. The fourth-order valence-electron chi connectivity index (χ4n) is 3.38. The summed E-state index contributed by atoms with van der Waals surface area (Å²) < 4.78 is 17.3. The Labute approximate surface area is 201 Å². The maximum absolute atomic E-state index is 10.8. The van der Waals surface area contributed by atoms with Gasteiger partial charge in [-0.05, 0) is 37.6 Å². The summed E-state index contributed by atoms with van der Waals surface area (Å²) in [5, 5.41) is 23.5. The summed E-state index contributed by atoms with van der Waals surface area (Å²) in [6, 6.07) is 12.9. The lowest BCUT2D eigenvalue weighted by Gasteiger charge is -2.21. The molecule has 0 fully saturated rings. The normalized spacial score (nSPS) is 14.1. The van der Waals surface area contributed by atoms with Gasteiger partial charge in [0.1, 0.15) is 6.61 Å². The molecule has 1 aromatic heterocycles. The quantitative estimate of drug-likeness (QED) is 0.341. The van der Waals surface area contributed by atoms with E-state index in [9.17, 15) is 9.90 Å². The first-order valence-electron chi connectivity index (χ1n) is 11.1. The number of hydrogen-bond donors (Lipinski definition) is 1.